The van der Waals surface area contributed by atoms with Crippen molar-refractivity contribution < 1.29 is 17.9 Å². The number of hydrogen-bond donors (Lipinski definition) is 2. The van der Waals surface area contributed by atoms with E-state index in [0.29, 0.717) is 11.4 Å². The van der Waals surface area contributed by atoms with Gasteiger partial charge in [-0.3, -0.25) is 4.72 Å². The molecule has 118 valence electrons. The van der Waals surface area contributed by atoms with Crippen molar-refractivity contribution in [2.45, 2.75) is 33.1 Å². The molecule has 1 aromatic carbocycles. The molecule has 0 saturated heterocycles. The van der Waals surface area contributed by atoms with Gasteiger partial charge in [-0.2, -0.15) is 0 Å². The van der Waals surface area contributed by atoms with Gasteiger partial charge < -0.3 is 10.1 Å². The predicted molar refractivity (Wildman–Crippen MR) is 83.3 cm³/mol. The molecule has 1 unspecified atom stereocenters. The minimum Gasteiger partial charge on any atom is -0.410 e. The van der Waals surface area contributed by atoms with Crippen molar-refractivity contribution in [1.29, 1.82) is 0 Å². The molecule has 0 aliphatic rings. The second-order valence-electron chi connectivity index (χ2n) is 4.70. The van der Waals surface area contributed by atoms with Crippen molar-refractivity contribution in [3.63, 3.8) is 0 Å². The minimum atomic E-state index is -3.35. The van der Waals surface area contributed by atoms with E-state index in [2.05, 4.69) is 10.0 Å². The zero-order valence-corrected chi connectivity index (χ0v) is 13.6. The second-order valence-corrected chi connectivity index (χ2v) is 6.71. The fraction of sp³-hybridized carbons (Fsp3) is 0.500. The van der Waals surface area contributed by atoms with Gasteiger partial charge in [-0.25, -0.2) is 13.2 Å². The van der Waals surface area contributed by atoms with E-state index in [-0.39, 0.29) is 11.7 Å². The molecule has 1 atom stereocenters. The van der Waals surface area contributed by atoms with Gasteiger partial charge in [0.1, 0.15) is 5.75 Å². The molecule has 7 heteroatoms. The maximum absolute atomic E-state index is 11.7. The molecule has 2 N–H and O–H groups in total. The standard InChI is InChI=1S/C14H22N2O4S/c1-5-10(3)12-9-11(20-14(17)15-4)7-8-13(12)16-21(18,19)6-2/h7-10,16H,5-6H2,1-4H3,(H,15,17). The van der Waals surface area contributed by atoms with Crippen LogP contribution in [0.5, 0.6) is 5.75 Å². The third-order valence-corrected chi connectivity index (χ3v) is 4.52. The molecule has 0 heterocycles. The summed E-state index contributed by atoms with van der Waals surface area (Å²) in [5, 5.41) is 2.37. The summed E-state index contributed by atoms with van der Waals surface area (Å²) >= 11 is 0. The molecule has 0 bridgehead atoms. The van der Waals surface area contributed by atoms with E-state index in [0.717, 1.165) is 12.0 Å². The van der Waals surface area contributed by atoms with Crippen LogP contribution in [-0.4, -0.2) is 27.3 Å². The van der Waals surface area contributed by atoms with Crippen molar-refractivity contribution in [3.8, 4) is 5.75 Å². The molecular formula is C14H22N2O4S. The average molecular weight is 314 g/mol. The number of carbonyl (C=O) groups excluding carboxylic acids is 1. The summed E-state index contributed by atoms with van der Waals surface area (Å²) in [6.45, 7) is 5.58. The van der Waals surface area contributed by atoms with E-state index in [1.54, 1.807) is 25.1 Å². The lowest BCUT2D eigenvalue weighted by Gasteiger charge is -2.17. The Balaban J connectivity index is 3.16. The summed E-state index contributed by atoms with van der Waals surface area (Å²) < 4.78 is 31.1. The van der Waals surface area contributed by atoms with Crippen LogP contribution in [0.1, 0.15) is 38.7 Å². The van der Waals surface area contributed by atoms with E-state index in [4.69, 9.17) is 4.74 Å². The highest BCUT2D eigenvalue weighted by Gasteiger charge is 2.16. The van der Waals surface area contributed by atoms with Crippen LogP contribution in [0.4, 0.5) is 10.5 Å². The normalized spacial score (nSPS) is 12.6. The van der Waals surface area contributed by atoms with Crippen LogP contribution in [0, 0.1) is 0 Å². The fourth-order valence-corrected chi connectivity index (χ4v) is 2.39. The Bertz CT molecular complexity index is 599. The lowest BCUT2D eigenvalue weighted by Crippen LogP contribution is -2.22. The summed E-state index contributed by atoms with van der Waals surface area (Å²) in [7, 11) is -1.87. The largest absolute Gasteiger partial charge is 0.412 e. The van der Waals surface area contributed by atoms with E-state index in [1.165, 1.54) is 7.05 Å². The summed E-state index contributed by atoms with van der Waals surface area (Å²) in [5.74, 6) is 0.514. The first-order valence-electron chi connectivity index (χ1n) is 6.87. The minimum absolute atomic E-state index is 0.00341. The highest BCUT2D eigenvalue weighted by atomic mass is 32.2. The van der Waals surface area contributed by atoms with Gasteiger partial charge in [-0.05, 0) is 43.0 Å². The van der Waals surface area contributed by atoms with Crippen molar-refractivity contribution in [2.24, 2.45) is 0 Å². The highest BCUT2D eigenvalue weighted by molar-refractivity contribution is 7.92. The van der Waals surface area contributed by atoms with Crippen molar-refractivity contribution in [3.05, 3.63) is 23.8 Å². The number of carbonyl (C=O) groups is 1. The summed E-state index contributed by atoms with van der Waals surface area (Å²) in [6, 6.07) is 4.87. The van der Waals surface area contributed by atoms with Crippen LogP contribution in [0.3, 0.4) is 0 Å². The number of benzene rings is 1. The predicted octanol–water partition coefficient (Wildman–Crippen LogP) is 2.68. The number of anilines is 1. The van der Waals surface area contributed by atoms with Gasteiger partial charge in [0.05, 0.1) is 11.4 Å². The average Bonchev–Trinajstić information content (AvgIpc) is 2.47. The fourth-order valence-electron chi connectivity index (χ4n) is 1.72. The Labute approximate surface area is 125 Å². The maximum atomic E-state index is 11.7. The SMILES string of the molecule is CCC(C)c1cc(OC(=O)NC)ccc1NS(=O)(=O)CC. The van der Waals surface area contributed by atoms with Gasteiger partial charge in [0.25, 0.3) is 0 Å². The van der Waals surface area contributed by atoms with Crippen LogP contribution in [-0.2, 0) is 10.0 Å². The molecule has 21 heavy (non-hydrogen) atoms. The van der Waals surface area contributed by atoms with Gasteiger partial charge in [-0.1, -0.05) is 13.8 Å². The molecule has 0 aliphatic carbocycles. The molecule has 1 aromatic rings. The zero-order valence-electron chi connectivity index (χ0n) is 12.8. The van der Waals surface area contributed by atoms with Crippen LogP contribution < -0.4 is 14.8 Å². The summed E-state index contributed by atoms with van der Waals surface area (Å²) in [5.41, 5.74) is 1.33. The molecular weight excluding hydrogens is 292 g/mol. The van der Waals surface area contributed by atoms with E-state index < -0.39 is 16.1 Å². The lowest BCUT2D eigenvalue weighted by atomic mass is 9.97. The number of hydrogen-bond acceptors (Lipinski definition) is 4. The Hall–Kier alpha value is -1.76. The molecule has 0 fully saturated rings. The Kier molecular flexibility index (Phi) is 6.02. The Morgan fingerprint density at radius 1 is 1.33 bits per heavy atom. The van der Waals surface area contributed by atoms with Gasteiger partial charge in [0.2, 0.25) is 10.0 Å². The van der Waals surface area contributed by atoms with Crippen molar-refractivity contribution in [2.75, 3.05) is 17.5 Å². The number of sulfonamides is 1. The topological polar surface area (TPSA) is 84.5 Å². The summed E-state index contributed by atoms with van der Waals surface area (Å²) in [4.78, 5) is 11.2. The van der Waals surface area contributed by atoms with Gasteiger partial charge in [0.15, 0.2) is 0 Å². The quantitative estimate of drug-likeness (QED) is 0.845. The second kappa shape index (κ2) is 7.31. The molecule has 0 aromatic heterocycles. The first-order valence-corrected chi connectivity index (χ1v) is 8.52. The molecule has 1 rings (SSSR count). The Morgan fingerprint density at radius 2 is 2.00 bits per heavy atom. The molecule has 0 spiro atoms. The first kappa shape index (κ1) is 17.3. The van der Waals surface area contributed by atoms with Gasteiger partial charge >= 0.3 is 6.09 Å². The number of nitrogens with one attached hydrogen (secondary N) is 2. The van der Waals surface area contributed by atoms with E-state index in [9.17, 15) is 13.2 Å². The monoisotopic (exact) mass is 314 g/mol. The third-order valence-electron chi connectivity index (χ3n) is 3.23. The van der Waals surface area contributed by atoms with Gasteiger partial charge in [0, 0.05) is 7.05 Å². The molecule has 0 aliphatic heterocycles. The first-order chi connectivity index (χ1) is 9.82. The molecule has 1 amide bonds. The lowest BCUT2D eigenvalue weighted by molar-refractivity contribution is 0.203. The molecule has 6 nitrogen and oxygen atoms in total. The zero-order chi connectivity index (χ0) is 16.0. The number of amides is 1. The molecule has 0 radical (unpaired) electrons. The number of rotatable bonds is 6. The van der Waals surface area contributed by atoms with E-state index >= 15 is 0 Å². The van der Waals surface area contributed by atoms with Crippen LogP contribution in [0.25, 0.3) is 0 Å². The highest BCUT2D eigenvalue weighted by Crippen LogP contribution is 2.31. The number of ether oxygens (including phenoxy) is 1. The maximum Gasteiger partial charge on any atom is 0.412 e. The van der Waals surface area contributed by atoms with Crippen molar-refractivity contribution in [1.82, 2.24) is 5.32 Å². The Morgan fingerprint density at radius 3 is 2.52 bits per heavy atom. The third kappa shape index (κ3) is 4.93. The van der Waals surface area contributed by atoms with Crippen LogP contribution >= 0.6 is 0 Å². The van der Waals surface area contributed by atoms with Crippen LogP contribution in [0.2, 0.25) is 0 Å². The summed E-state index contributed by atoms with van der Waals surface area (Å²) in [6.07, 6.45) is 0.275. The van der Waals surface area contributed by atoms with E-state index in [1.807, 2.05) is 13.8 Å². The molecule has 0 saturated carbocycles. The van der Waals surface area contributed by atoms with Crippen molar-refractivity contribution >= 4 is 21.8 Å². The smallest absolute Gasteiger partial charge is 0.410 e. The van der Waals surface area contributed by atoms with Gasteiger partial charge in [-0.15, -0.1) is 0 Å². The van der Waals surface area contributed by atoms with Crippen LogP contribution in [0.15, 0.2) is 18.2 Å².